The van der Waals surface area contributed by atoms with E-state index in [-0.39, 0.29) is 6.10 Å². The summed E-state index contributed by atoms with van der Waals surface area (Å²) in [7, 11) is 0. The highest BCUT2D eigenvalue weighted by Crippen LogP contribution is 2.24. The van der Waals surface area contributed by atoms with Gasteiger partial charge < -0.3 is 10.4 Å². The molecule has 0 aliphatic rings. The van der Waals surface area contributed by atoms with Gasteiger partial charge in [0, 0.05) is 18.0 Å². The maximum atomic E-state index is 12.0. The van der Waals surface area contributed by atoms with Crippen LogP contribution in [0.1, 0.15) is 12.5 Å². The fourth-order valence-electron chi connectivity index (χ4n) is 1.21. The molecule has 0 radical (unpaired) electrons. The lowest BCUT2D eigenvalue weighted by molar-refractivity contribution is 0.191. The number of alkyl halides is 2. The summed E-state index contributed by atoms with van der Waals surface area (Å²) in [6, 6.07) is 6.96. The molecular weight excluding hydrogens is 232 g/mol. The first-order valence-electron chi connectivity index (χ1n) is 5.00. The molecule has 0 aliphatic heterocycles. The van der Waals surface area contributed by atoms with Crippen LogP contribution in [0.2, 0.25) is 0 Å². The molecule has 0 amide bonds. The minimum Gasteiger partial charge on any atom is -0.392 e. The average molecular weight is 247 g/mol. The number of rotatable bonds is 6. The smallest absolute Gasteiger partial charge is 0.288 e. The quantitative estimate of drug-likeness (QED) is 0.757. The Labute approximate surface area is 98.1 Å². The van der Waals surface area contributed by atoms with E-state index < -0.39 is 5.76 Å². The fourth-order valence-corrected chi connectivity index (χ4v) is 1.71. The Kier molecular flexibility index (Phi) is 5.73. The normalized spacial score (nSPS) is 13.1. The van der Waals surface area contributed by atoms with Gasteiger partial charge in [-0.2, -0.15) is 8.78 Å². The largest absolute Gasteiger partial charge is 0.392 e. The van der Waals surface area contributed by atoms with E-state index in [2.05, 4.69) is 5.32 Å². The molecule has 0 aromatic heterocycles. The standard InChI is InChI=1S/C11H15F2NOS/c1-8(15)6-14-7-9-2-4-10(5-3-9)16-11(12)13/h2-5,8,11,14-15H,6-7H2,1H3. The summed E-state index contributed by atoms with van der Waals surface area (Å²) in [6.07, 6.45) is -0.381. The summed E-state index contributed by atoms with van der Waals surface area (Å²) < 4.78 is 24.1. The van der Waals surface area contributed by atoms with Gasteiger partial charge in [0.2, 0.25) is 0 Å². The zero-order valence-electron chi connectivity index (χ0n) is 8.99. The van der Waals surface area contributed by atoms with Crippen LogP contribution in [0.5, 0.6) is 0 Å². The fraction of sp³-hybridized carbons (Fsp3) is 0.455. The van der Waals surface area contributed by atoms with Crippen molar-refractivity contribution >= 4 is 11.8 Å². The van der Waals surface area contributed by atoms with E-state index in [9.17, 15) is 8.78 Å². The van der Waals surface area contributed by atoms with Crippen LogP contribution in [-0.2, 0) is 6.54 Å². The Morgan fingerprint density at radius 2 is 1.94 bits per heavy atom. The molecule has 1 unspecified atom stereocenters. The molecule has 5 heteroatoms. The number of hydrogen-bond acceptors (Lipinski definition) is 3. The lowest BCUT2D eigenvalue weighted by atomic mass is 10.2. The molecular formula is C11H15F2NOS. The predicted molar refractivity (Wildman–Crippen MR) is 61.7 cm³/mol. The van der Waals surface area contributed by atoms with Gasteiger partial charge in [-0.05, 0) is 24.6 Å². The topological polar surface area (TPSA) is 32.3 Å². The molecule has 1 rings (SSSR count). The van der Waals surface area contributed by atoms with E-state index in [0.717, 1.165) is 5.56 Å². The first kappa shape index (κ1) is 13.4. The molecule has 16 heavy (non-hydrogen) atoms. The summed E-state index contributed by atoms with van der Waals surface area (Å²) in [5.41, 5.74) is 1.01. The van der Waals surface area contributed by atoms with Gasteiger partial charge in [-0.3, -0.25) is 0 Å². The van der Waals surface area contributed by atoms with Crippen LogP contribution < -0.4 is 5.32 Å². The number of hydrogen-bond donors (Lipinski definition) is 2. The van der Waals surface area contributed by atoms with E-state index >= 15 is 0 Å². The highest BCUT2D eigenvalue weighted by molar-refractivity contribution is 7.99. The minimum atomic E-state index is -2.38. The number of halogens is 2. The molecule has 1 aromatic carbocycles. The van der Waals surface area contributed by atoms with Gasteiger partial charge in [-0.15, -0.1) is 0 Å². The summed E-state index contributed by atoms with van der Waals surface area (Å²) in [4.78, 5) is 0.564. The number of nitrogens with one attached hydrogen (secondary N) is 1. The third kappa shape index (κ3) is 5.44. The number of benzene rings is 1. The molecule has 0 heterocycles. The summed E-state index contributed by atoms with van der Waals surface area (Å²) in [5, 5.41) is 12.1. The van der Waals surface area contributed by atoms with Crippen LogP contribution in [0, 0.1) is 0 Å². The van der Waals surface area contributed by atoms with Crippen molar-refractivity contribution in [1.82, 2.24) is 5.32 Å². The van der Waals surface area contributed by atoms with E-state index in [1.165, 1.54) is 0 Å². The van der Waals surface area contributed by atoms with Crippen molar-refractivity contribution in [2.24, 2.45) is 0 Å². The molecule has 1 atom stereocenters. The average Bonchev–Trinajstić information content (AvgIpc) is 2.19. The SMILES string of the molecule is CC(O)CNCc1ccc(SC(F)F)cc1. The Morgan fingerprint density at radius 3 is 2.44 bits per heavy atom. The van der Waals surface area contributed by atoms with Crippen LogP contribution in [0.25, 0.3) is 0 Å². The predicted octanol–water partition coefficient (Wildman–Crippen LogP) is 2.47. The lowest BCUT2D eigenvalue weighted by Gasteiger charge is -2.07. The van der Waals surface area contributed by atoms with Crippen molar-refractivity contribution in [3.05, 3.63) is 29.8 Å². The summed E-state index contributed by atoms with van der Waals surface area (Å²) >= 11 is 0.542. The second kappa shape index (κ2) is 6.83. The molecule has 0 aliphatic carbocycles. The van der Waals surface area contributed by atoms with Crippen molar-refractivity contribution in [3.8, 4) is 0 Å². The second-order valence-corrected chi connectivity index (χ2v) is 4.57. The molecule has 2 N–H and O–H groups in total. The van der Waals surface area contributed by atoms with Gasteiger partial charge in [-0.1, -0.05) is 23.9 Å². The van der Waals surface area contributed by atoms with Crippen LogP contribution in [-0.4, -0.2) is 23.5 Å². The van der Waals surface area contributed by atoms with Crippen LogP contribution in [0.4, 0.5) is 8.78 Å². The monoisotopic (exact) mass is 247 g/mol. The molecule has 0 fully saturated rings. The molecule has 0 bridgehead atoms. The first-order chi connectivity index (χ1) is 7.58. The lowest BCUT2D eigenvalue weighted by Crippen LogP contribution is -2.23. The van der Waals surface area contributed by atoms with Crippen LogP contribution in [0.15, 0.2) is 29.2 Å². The number of aliphatic hydroxyl groups is 1. The zero-order valence-corrected chi connectivity index (χ0v) is 9.81. The van der Waals surface area contributed by atoms with Gasteiger partial charge in [-0.25, -0.2) is 0 Å². The van der Waals surface area contributed by atoms with Crippen LogP contribution >= 0.6 is 11.8 Å². The molecule has 0 saturated heterocycles. The van der Waals surface area contributed by atoms with Gasteiger partial charge in [0.15, 0.2) is 0 Å². The van der Waals surface area contributed by atoms with Crippen molar-refractivity contribution < 1.29 is 13.9 Å². The highest BCUT2D eigenvalue weighted by atomic mass is 32.2. The van der Waals surface area contributed by atoms with Gasteiger partial charge in [0.05, 0.1) is 6.10 Å². The third-order valence-electron chi connectivity index (χ3n) is 1.92. The van der Waals surface area contributed by atoms with Gasteiger partial charge in [0.1, 0.15) is 0 Å². The molecule has 0 spiro atoms. The van der Waals surface area contributed by atoms with E-state index in [4.69, 9.17) is 5.11 Å². The molecule has 90 valence electrons. The Bertz CT molecular complexity index is 303. The molecule has 1 aromatic rings. The zero-order chi connectivity index (χ0) is 12.0. The first-order valence-corrected chi connectivity index (χ1v) is 5.88. The molecule has 2 nitrogen and oxygen atoms in total. The van der Waals surface area contributed by atoms with E-state index in [0.29, 0.717) is 29.7 Å². The Morgan fingerprint density at radius 1 is 1.31 bits per heavy atom. The Balaban J connectivity index is 2.39. The second-order valence-electron chi connectivity index (χ2n) is 3.50. The van der Waals surface area contributed by atoms with E-state index in [1.807, 2.05) is 0 Å². The highest BCUT2D eigenvalue weighted by Gasteiger charge is 2.04. The van der Waals surface area contributed by atoms with Crippen molar-refractivity contribution in [3.63, 3.8) is 0 Å². The van der Waals surface area contributed by atoms with Gasteiger partial charge >= 0.3 is 0 Å². The van der Waals surface area contributed by atoms with Crippen molar-refractivity contribution in [2.45, 2.75) is 30.2 Å². The number of thioether (sulfide) groups is 1. The van der Waals surface area contributed by atoms with E-state index in [1.54, 1.807) is 31.2 Å². The van der Waals surface area contributed by atoms with Gasteiger partial charge in [0.25, 0.3) is 5.76 Å². The van der Waals surface area contributed by atoms with Crippen molar-refractivity contribution in [2.75, 3.05) is 6.54 Å². The maximum Gasteiger partial charge on any atom is 0.288 e. The van der Waals surface area contributed by atoms with Crippen LogP contribution in [0.3, 0.4) is 0 Å². The Hall–Kier alpha value is -0.650. The summed E-state index contributed by atoms with van der Waals surface area (Å²) in [5.74, 6) is -2.38. The minimum absolute atomic E-state index is 0.381. The third-order valence-corrected chi connectivity index (χ3v) is 2.64. The maximum absolute atomic E-state index is 12.0. The molecule has 0 saturated carbocycles. The summed E-state index contributed by atoms with van der Waals surface area (Å²) in [6.45, 7) is 2.85. The van der Waals surface area contributed by atoms with Crippen molar-refractivity contribution in [1.29, 1.82) is 0 Å². The number of aliphatic hydroxyl groups excluding tert-OH is 1.